The second-order valence-corrected chi connectivity index (χ2v) is 8.37. The van der Waals surface area contributed by atoms with Crippen molar-refractivity contribution in [3.05, 3.63) is 23.8 Å². The number of fused-ring (bicyclic) bond motifs is 5. The first-order valence-corrected chi connectivity index (χ1v) is 9.03. The van der Waals surface area contributed by atoms with Crippen LogP contribution in [-0.4, -0.2) is 22.3 Å². The number of hydrogen-bond acceptors (Lipinski definition) is 3. The van der Waals surface area contributed by atoms with Gasteiger partial charge in [0, 0.05) is 11.8 Å². The van der Waals surface area contributed by atoms with Crippen molar-refractivity contribution >= 4 is 11.6 Å². The highest BCUT2D eigenvalue weighted by Crippen LogP contribution is 2.63. The number of carbonyl (C=O) groups is 2. The lowest BCUT2D eigenvalue weighted by atomic mass is 9.52. The van der Waals surface area contributed by atoms with Crippen LogP contribution in [0.2, 0.25) is 0 Å². The minimum Gasteiger partial charge on any atom is -0.382 e. The molecule has 0 aromatic carbocycles. The van der Waals surface area contributed by atoms with Gasteiger partial charge in [-0.15, -0.1) is 0 Å². The number of allylic oxidation sites excluding steroid dienone is 4. The van der Waals surface area contributed by atoms with Crippen LogP contribution in [0.4, 0.5) is 0 Å². The number of rotatable bonds is 1. The zero-order valence-corrected chi connectivity index (χ0v) is 14.0. The van der Waals surface area contributed by atoms with Crippen LogP contribution in [0, 0.1) is 29.1 Å². The molecule has 0 heterocycles. The lowest BCUT2D eigenvalue weighted by Crippen LogP contribution is -2.55. The van der Waals surface area contributed by atoms with Gasteiger partial charge in [-0.05, 0) is 74.3 Å². The average molecular weight is 314 g/mol. The molecule has 0 aromatic rings. The Morgan fingerprint density at radius 1 is 1.26 bits per heavy atom. The van der Waals surface area contributed by atoms with Crippen LogP contribution in [0.15, 0.2) is 23.8 Å². The molecule has 4 rings (SSSR count). The molecule has 1 N–H and O–H groups in total. The van der Waals surface area contributed by atoms with Gasteiger partial charge in [-0.1, -0.05) is 19.1 Å². The van der Waals surface area contributed by atoms with Gasteiger partial charge in [-0.2, -0.15) is 0 Å². The standard InChI is InChI=1S/C20H26O3/c1-12(21)20(23)10-8-18-17-5-3-13-11-14(22)4-6-15(13)16(17)7-9-19(18,20)2/h3,5,11,15-18,23H,4,6-10H2,1-2H3/t15-,16?,17?,18?,19-,20-/m0/s1. The van der Waals surface area contributed by atoms with Gasteiger partial charge in [0.05, 0.1) is 0 Å². The maximum Gasteiger partial charge on any atom is 0.161 e. The van der Waals surface area contributed by atoms with Crippen LogP contribution in [0.1, 0.15) is 52.4 Å². The summed E-state index contributed by atoms with van der Waals surface area (Å²) in [5.74, 6) is 2.09. The Balaban J connectivity index is 1.71. The lowest BCUT2D eigenvalue weighted by Gasteiger charge is -2.53. The van der Waals surface area contributed by atoms with E-state index in [1.807, 2.05) is 6.08 Å². The molecule has 3 nitrogen and oxygen atoms in total. The molecule has 3 unspecified atom stereocenters. The highest BCUT2D eigenvalue weighted by molar-refractivity contribution is 5.92. The summed E-state index contributed by atoms with van der Waals surface area (Å²) in [4.78, 5) is 23.8. The molecule has 0 saturated heterocycles. The van der Waals surface area contributed by atoms with Crippen molar-refractivity contribution in [1.82, 2.24) is 0 Å². The SMILES string of the molecule is CC(=O)[C@@]1(O)CCC2C3C=CC4=CC(=O)CC[C@@H]4C3CC[C@@]21C. The summed E-state index contributed by atoms with van der Waals surface area (Å²) in [6.07, 6.45) is 11.4. The molecule has 0 aromatic heterocycles. The van der Waals surface area contributed by atoms with Gasteiger partial charge in [0.2, 0.25) is 0 Å². The van der Waals surface area contributed by atoms with Crippen molar-refractivity contribution in [2.75, 3.05) is 0 Å². The summed E-state index contributed by atoms with van der Waals surface area (Å²) < 4.78 is 0. The van der Waals surface area contributed by atoms with E-state index in [9.17, 15) is 14.7 Å². The Bertz CT molecular complexity index is 631. The minimum atomic E-state index is -1.14. The van der Waals surface area contributed by atoms with E-state index in [4.69, 9.17) is 0 Å². The van der Waals surface area contributed by atoms with Crippen LogP contribution in [0.25, 0.3) is 0 Å². The smallest absolute Gasteiger partial charge is 0.161 e. The number of hydrogen-bond donors (Lipinski definition) is 1. The van der Waals surface area contributed by atoms with Crippen LogP contribution in [0.3, 0.4) is 0 Å². The van der Waals surface area contributed by atoms with Crippen molar-refractivity contribution in [3.63, 3.8) is 0 Å². The second kappa shape index (κ2) is 4.89. The molecule has 4 aliphatic carbocycles. The number of Topliss-reactive ketones (excluding diaryl/α,β-unsaturated/α-hetero) is 1. The summed E-state index contributed by atoms with van der Waals surface area (Å²) in [7, 11) is 0. The van der Waals surface area contributed by atoms with Crippen LogP contribution < -0.4 is 0 Å². The molecule has 0 radical (unpaired) electrons. The van der Waals surface area contributed by atoms with Gasteiger partial charge >= 0.3 is 0 Å². The molecule has 0 bridgehead atoms. The van der Waals surface area contributed by atoms with Gasteiger partial charge in [0.15, 0.2) is 11.6 Å². The average Bonchev–Trinajstić information content (AvgIpc) is 2.80. The van der Waals surface area contributed by atoms with Gasteiger partial charge in [0.25, 0.3) is 0 Å². The Labute approximate surface area is 137 Å². The fourth-order valence-corrected chi connectivity index (χ4v) is 6.25. The molecular formula is C20H26O3. The molecule has 3 heteroatoms. The van der Waals surface area contributed by atoms with E-state index in [1.54, 1.807) is 6.92 Å². The first-order chi connectivity index (χ1) is 10.9. The van der Waals surface area contributed by atoms with Gasteiger partial charge in [-0.25, -0.2) is 0 Å². The maximum absolute atomic E-state index is 12.1. The van der Waals surface area contributed by atoms with E-state index in [0.717, 1.165) is 25.7 Å². The lowest BCUT2D eigenvalue weighted by molar-refractivity contribution is -0.155. The Morgan fingerprint density at radius 3 is 2.78 bits per heavy atom. The predicted molar refractivity (Wildman–Crippen MR) is 87.6 cm³/mol. The summed E-state index contributed by atoms with van der Waals surface area (Å²) in [5.41, 5.74) is -0.225. The molecule has 0 amide bonds. The van der Waals surface area contributed by atoms with Gasteiger partial charge < -0.3 is 5.11 Å². The van der Waals surface area contributed by atoms with E-state index in [0.29, 0.717) is 36.5 Å². The summed E-state index contributed by atoms with van der Waals surface area (Å²) in [6.45, 7) is 3.68. The predicted octanol–water partition coefficient (Wildman–Crippen LogP) is 3.22. The summed E-state index contributed by atoms with van der Waals surface area (Å²) >= 11 is 0. The third-order valence-corrected chi connectivity index (χ3v) is 7.60. The normalized spacial score (nSPS) is 48.3. The Kier molecular flexibility index (Phi) is 3.26. The van der Waals surface area contributed by atoms with E-state index in [-0.39, 0.29) is 17.0 Å². The molecule has 0 aliphatic heterocycles. The fraction of sp³-hybridized carbons (Fsp3) is 0.700. The maximum atomic E-state index is 12.1. The summed E-state index contributed by atoms with van der Waals surface area (Å²) in [6, 6.07) is 0. The molecule has 2 saturated carbocycles. The third kappa shape index (κ3) is 1.92. The fourth-order valence-electron chi connectivity index (χ4n) is 6.25. The topological polar surface area (TPSA) is 54.4 Å². The molecule has 124 valence electrons. The zero-order valence-electron chi connectivity index (χ0n) is 14.0. The Hall–Kier alpha value is -1.22. The van der Waals surface area contributed by atoms with Crippen molar-refractivity contribution in [2.45, 2.75) is 58.0 Å². The highest BCUT2D eigenvalue weighted by atomic mass is 16.3. The van der Waals surface area contributed by atoms with E-state index in [1.165, 1.54) is 5.57 Å². The number of ketones is 2. The molecule has 2 fully saturated rings. The van der Waals surface area contributed by atoms with Crippen LogP contribution in [0.5, 0.6) is 0 Å². The Morgan fingerprint density at radius 2 is 2.04 bits per heavy atom. The first kappa shape index (κ1) is 15.3. The van der Waals surface area contributed by atoms with E-state index < -0.39 is 5.60 Å². The van der Waals surface area contributed by atoms with Crippen LogP contribution in [-0.2, 0) is 9.59 Å². The van der Waals surface area contributed by atoms with Crippen molar-refractivity contribution in [2.24, 2.45) is 29.1 Å². The zero-order chi connectivity index (χ0) is 16.4. The highest BCUT2D eigenvalue weighted by Gasteiger charge is 2.63. The monoisotopic (exact) mass is 314 g/mol. The molecule has 0 spiro atoms. The third-order valence-electron chi connectivity index (χ3n) is 7.60. The molecule has 4 aliphatic rings. The molecular weight excluding hydrogens is 288 g/mol. The molecule has 23 heavy (non-hydrogen) atoms. The quantitative estimate of drug-likeness (QED) is 0.808. The van der Waals surface area contributed by atoms with E-state index >= 15 is 0 Å². The number of aliphatic hydroxyl groups is 1. The van der Waals surface area contributed by atoms with Crippen molar-refractivity contribution in [3.8, 4) is 0 Å². The summed E-state index contributed by atoms with van der Waals surface area (Å²) in [5, 5.41) is 11.1. The first-order valence-electron chi connectivity index (χ1n) is 9.03. The van der Waals surface area contributed by atoms with Crippen LogP contribution >= 0.6 is 0 Å². The van der Waals surface area contributed by atoms with Gasteiger partial charge in [0.1, 0.15) is 5.60 Å². The number of carbonyl (C=O) groups excluding carboxylic acids is 2. The minimum absolute atomic E-state index is 0.0652. The van der Waals surface area contributed by atoms with Crippen molar-refractivity contribution in [1.29, 1.82) is 0 Å². The largest absolute Gasteiger partial charge is 0.382 e. The van der Waals surface area contributed by atoms with E-state index in [2.05, 4.69) is 19.1 Å². The molecule has 6 atom stereocenters. The second-order valence-electron chi connectivity index (χ2n) is 8.37. The van der Waals surface area contributed by atoms with Crippen molar-refractivity contribution < 1.29 is 14.7 Å². The van der Waals surface area contributed by atoms with Gasteiger partial charge in [-0.3, -0.25) is 9.59 Å².